The monoisotopic (exact) mass is 318 g/mol. The molecule has 0 saturated heterocycles. The Labute approximate surface area is 142 Å². The Morgan fingerprint density at radius 3 is 2.09 bits per heavy atom. The molecule has 0 N–H and O–H groups in total. The standard InChI is InChI=1S/C17H24O2.C2H6.C2H4/c1-13-3-5-15(6-4-13)7-8-16-9-11-17(12-10-16)19-14(2)18;2*1-2/h3-6,16-17H,7-12H2,1-2H3;1-2H3;1-2H2. The molecule has 1 aliphatic carbocycles. The molecule has 1 aromatic rings. The maximum Gasteiger partial charge on any atom is 0.302 e. The van der Waals surface area contributed by atoms with E-state index in [1.807, 2.05) is 13.8 Å². The van der Waals surface area contributed by atoms with Gasteiger partial charge < -0.3 is 4.74 Å². The second kappa shape index (κ2) is 12.9. The maximum absolute atomic E-state index is 10.9. The summed E-state index contributed by atoms with van der Waals surface area (Å²) in [5, 5.41) is 0. The van der Waals surface area contributed by atoms with E-state index in [-0.39, 0.29) is 12.1 Å². The third-order valence-corrected chi connectivity index (χ3v) is 4.09. The van der Waals surface area contributed by atoms with E-state index in [0.717, 1.165) is 18.8 Å². The van der Waals surface area contributed by atoms with Crippen molar-refractivity contribution in [3.8, 4) is 0 Å². The molecule has 0 bridgehead atoms. The summed E-state index contributed by atoms with van der Waals surface area (Å²) >= 11 is 0. The Bertz CT molecular complexity index is 414. The van der Waals surface area contributed by atoms with Crippen LogP contribution in [0.25, 0.3) is 0 Å². The number of carbonyl (C=O) groups excluding carboxylic acids is 1. The Balaban J connectivity index is 0.00000112. The van der Waals surface area contributed by atoms with Crippen molar-refractivity contribution in [1.29, 1.82) is 0 Å². The SMILES string of the molecule is C=C.CC.CC(=O)OC1CCC(CCc2ccc(C)cc2)CC1. The third-order valence-electron chi connectivity index (χ3n) is 4.09. The summed E-state index contributed by atoms with van der Waals surface area (Å²) in [7, 11) is 0. The van der Waals surface area contributed by atoms with Gasteiger partial charge in [0.15, 0.2) is 0 Å². The summed E-state index contributed by atoms with van der Waals surface area (Å²) in [5.74, 6) is 0.663. The lowest BCUT2D eigenvalue weighted by molar-refractivity contribution is -0.148. The zero-order valence-corrected chi connectivity index (χ0v) is 15.4. The average molecular weight is 319 g/mol. The van der Waals surface area contributed by atoms with Gasteiger partial charge in [-0.05, 0) is 56.9 Å². The second-order valence-corrected chi connectivity index (χ2v) is 5.78. The zero-order valence-electron chi connectivity index (χ0n) is 15.4. The molecule has 1 fully saturated rings. The molecule has 2 nitrogen and oxygen atoms in total. The molecule has 0 aromatic heterocycles. The number of carbonyl (C=O) groups is 1. The van der Waals surface area contributed by atoms with Crippen LogP contribution in [0.1, 0.15) is 64.0 Å². The summed E-state index contributed by atoms with van der Waals surface area (Å²) in [6, 6.07) is 8.85. The topological polar surface area (TPSA) is 26.3 Å². The fourth-order valence-corrected chi connectivity index (χ4v) is 2.90. The molecule has 0 unspecified atom stereocenters. The van der Waals surface area contributed by atoms with E-state index in [4.69, 9.17) is 4.74 Å². The third kappa shape index (κ3) is 9.22. The number of esters is 1. The van der Waals surface area contributed by atoms with Gasteiger partial charge in [0.1, 0.15) is 6.10 Å². The van der Waals surface area contributed by atoms with E-state index in [9.17, 15) is 4.79 Å². The molecule has 1 aromatic carbocycles. The molecule has 0 atom stereocenters. The molecule has 1 saturated carbocycles. The van der Waals surface area contributed by atoms with Gasteiger partial charge in [-0.15, -0.1) is 13.2 Å². The minimum absolute atomic E-state index is 0.136. The molecule has 0 spiro atoms. The van der Waals surface area contributed by atoms with Gasteiger partial charge in [-0.3, -0.25) is 4.79 Å². The van der Waals surface area contributed by atoms with Crippen LogP contribution in [-0.4, -0.2) is 12.1 Å². The lowest BCUT2D eigenvalue weighted by Crippen LogP contribution is -2.23. The summed E-state index contributed by atoms with van der Waals surface area (Å²) in [4.78, 5) is 10.9. The van der Waals surface area contributed by atoms with Gasteiger partial charge in [0.25, 0.3) is 0 Å². The molecule has 0 aliphatic heterocycles. The van der Waals surface area contributed by atoms with Gasteiger partial charge in [-0.25, -0.2) is 0 Å². The minimum atomic E-state index is -0.136. The highest BCUT2D eigenvalue weighted by Crippen LogP contribution is 2.29. The molecule has 2 rings (SSSR count). The highest BCUT2D eigenvalue weighted by atomic mass is 16.5. The van der Waals surface area contributed by atoms with E-state index in [2.05, 4.69) is 44.3 Å². The van der Waals surface area contributed by atoms with Crippen molar-refractivity contribution in [3.63, 3.8) is 0 Å². The molecular formula is C21H34O2. The fourth-order valence-electron chi connectivity index (χ4n) is 2.90. The van der Waals surface area contributed by atoms with Crippen molar-refractivity contribution in [3.05, 3.63) is 48.6 Å². The lowest BCUT2D eigenvalue weighted by atomic mass is 9.83. The average Bonchev–Trinajstić information content (AvgIpc) is 2.59. The minimum Gasteiger partial charge on any atom is -0.463 e. The van der Waals surface area contributed by atoms with E-state index >= 15 is 0 Å². The van der Waals surface area contributed by atoms with Crippen molar-refractivity contribution in [2.45, 2.75) is 72.3 Å². The van der Waals surface area contributed by atoms with Gasteiger partial charge in [-0.2, -0.15) is 0 Å². The van der Waals surface area contributed by atoms with Gasteiger partial charge in [0, 0.05) is 6.92 Å². The summed E-state index contributed by atoms with van der Waals surface area (Å²) < 4.78 is 5.28. The Morgan fingerprint density at radius 1 is 1.09 bits per heavy atom. The van der Waals surface area contributed by atoms with Gasteiger partial charge in [-0.1, -0.05) is 43.7 Å². The van der Waals surface area contributed by atoms with Crippen LogP contribution < -0.4 is 0 Å². The fraction of sp³-hybridized carbons (Fsp3) is 0.571. The number of aryl methyl sites for hydroxylation is 2. The van der Waals surface area contributed by atoms with E-state index in [1.54, 1.807) is 0 Å². The molecule has 0 amide bonds. The molecule has 1 aliphatic rings. The number of benzene rings is 1. The maximum atomic E-state index is 10.9. The highest BCUT2D eigenvalue weighted by Gasteiger charge is 2.22. The van der Waals surface area contributed by atoms with Crippen LogP contribution in [0.3, 0.4) is 0 Å². The molecule has 0 heterocycles. The van der Waals surface area contributed by atoms with Crippen LogP contribution in [0.5, 0.6) is 0 Å². The van der Waals surface area contributed by atoms with Crippen molar-refractivity contribution in [1.82, 2.24) is 0 Å². The summed E-state index contributed by atoms with van der Waals surface area (Å²) in [5.41, 5.74) is 2.76. The molecule has 23 heavy (non-hydrogen) atoms. The first-order valence-corrected chi connectivity index (χ1v) is 8.86. The van der Waals surface area contributed by atoms with Crippen molar-refractivity contribution >= 4 is 5.97 Å². The normalized spacial score (nSPS) is 19.5. The zero-order chi connectivity index (χ0) is 17.7. The molecular weight excluding hydrogens is 284 g/mol. The Morgan fingerprint density at radius 2 is 1.61 bits per heavy atom. The lowest BCUT2D eigenvalue weighted by Gasteiger charge is -2.28. The molecule has 130 valence electrons. The van der Waals surface area contributed by atoms with Crippen LogP contribution in [0.4, 0.5) is 0 Å². The van der Waals surface area contributed by atoms with Crippen molar-refractivity contribution < 1.29 is 9.53 Å². The van der Waals surface area contributed by atoms with Gasteiger partial charge >= 0.3 is 5.97 Å². The summed E-state index contributed by atoms with van der Waals surface area (Å²) in [6.07, 6.45) is 7.08. The highest BCUT2D eigenvalue weighted by molar-refractivity contribution is 5.66. The van der Waals surface area contributed by atoms with Crippen molar-refractivity contribution in [2.24, 2.45) is 5.92 Å². The Kier molecular flexibility index (Phi) is 12.0. The van der Waals surface area contributed by atoms with Gasteiger partial charge in [0.05, 0.1) is 0 Å². The predicted molar refractivity (Wildman–Crippen MR) is 99.6 cm³/mol. The van der Waals surface area contributed by atoms with Crippen molar-refractivity contribution in [2.75, 3.05) is 0 Å². The number of rotatable bonds is 4. The largest absolute Gasteiger partial charge is 0.463 e. The van der Waals surface area contributed by atoms with Crippen LogP contribution in [0.2, 0.25) is 0 Å². The Hall–Kier alpha value is -1.57. The number of hydrogen-bond acceptors (Lipinski definition) is 2. The first-order chi connectivity index (χ1) is 11.1. The quantitative estimate of drug-likeness (QED) is 0.512. The van der Waals surface area contributed by atoms with Crippen LogP contribution in [0.15, 0.2) is 37.4 Å². The van der Waals surface area contributed by atoms with E-state index < -0.39 is 0 Å². The molecule has 2 heteroatoms. The number of ether oxygens (including phenoxy) is 1. The first kappa shape index (κ1) is 21.4. The summed E-state index contributed by atoms with van der Waals surface area (Å²) in [6.45, 7) is 13.6. The van der Waals surface area contributed by atoms with Crippen LogP contribution in [0, 0.1) is 12.8 Å². The number of hydrogen-bond donors (Lipinski definition) is 0. The van der Waals surface area contributed by atoms with Gasteiger partial charge in [0.2, 0.25) is 0 Å². The first-order valence-electron chi connectivity index (χ1n) is 8.86. The van der Waals surface area contributed by atoms with E-state index in [0.29, 0.717) is 0 Å². The van der Waals surface area contributed by atoms with E-state index in [1.165, 1.54) is 43.7 Å². The predicted octanol–water partition coefficient (Wildman–Crippen LogP) is 5.88. The van der Waals surface area contributed by atoms with Crippen LogP contribution in [-0.2, 0) is 16.0 Å². The second-order valence-electron chi connectivity index (χ2n) is 5.78. The van der Waals surface area contributed by atoms with Crippen LogP contribution >= 0.6 is 0 Å². The molecule has 0 radical (unpaired) electrons. The smallest absolute Gasteiger partial charge is 0.302 e.